The molecule has 0 aliphatic carbocycles. The number of nitrogens with zero attached hydrogens (tertiary/aromatic N) is 1. The zero-order valence-corrected chi connectivity index (χ0v) is 19.2. The molecule has 0 saturated carbocycles. The third kappa shape index (κ3) is 4.20. The third-order valence-corrected chi connectivity index (χ3v) is 5.72. The van der Waals surface area contributed by atoms with Gasteiger partial charge >= 0.3 is 0 Å². The molecular weight excluding hydrogens is 422 g/mol. The molecule has 1 atom stereocenters. The van der Waals surface area contributed by atoms with Crippen molar-refractivity contribution >= 4 is 16.9 Å². The van der Waals surface area contributed by atoms with Gasteiger partial charge in [0, 0.05) is 13.2 Å². The Morgan fingerprint density at radius 3 is 2.61 bits per heavy atom. The Hall–Kier alpha value is -3.32. The number of carbonyl (C=O) groups excluding carboxylic acids is 1. The molecule has 1 aliphatic rings. The maximum atomic E-state index is 13.6. The number of carbonyl (C=O) groups is 1. The molecule has 0 fully saturated rings. The van der Waals surface area contributed by atoms with E-state index in [1.807, 2.05) is 45.0 Å². The van der Waals surface area contributed by atoms with Crippen LogP contribution >= 0.6 is 0 Å². The summed E-state index contributed by atoms with van der Waals surface area (Å²) >= 11 is 0. The normalized spacial score (nSPS) is 15.2. The van der Waals surface area contributed by atoms with Crippen LogP contribution in [0.15, 0.2) is 45.6 Å². The summed E-state index contributed by atoms with van der Waals surface area (Å²) in [5.41, 5.74) is 2.15. The maximum absolute atomic E-state index is 13.6. The lowest BCUT2D eigenvalue weighted by atomic mass is 9.97. The van der Waals surface area contributed by atoms with Gasteiger partial charge in [-0.15, -0.1) is 0 Å². The topological polar surface area (TPSA) is 89.2 Å². The number of rotatable bonds is 9. The molecule has 1 aromatic heterocycles. The van der Waals surface area contributed by atoms with Crippen molar-refractivity contribution in [3.63, 3.8) is 0 Å². The number of hydrogen-bond donors (Lipinski definition) is 1. The number of benzene rings is 2. The number of aryl methyl sites for hydroxylation is 1. The number of hydrogen-bond acceptors (Lipinski definition) is 6. The largest absolute Gasteiger partial charge is 0.490 e. The van der Waals surface area contributed by atoms with E-state index in [1.54, 1.807) is 17.0 Å². The molecule has 2 aromatic carbocycles. The summed E-state index contributed by atoms with van der Waals surface area (Å²) < 4.78 is 17.6. The number of ether oxygens (including phenoxy) is 2. The van der Waals surface area contributed by atoms with Crippen molar-refractivity contribution in [2.24, 2.45) is 0 Å². The molecule has 7 heteroatoms. The van der Waals surface area contributed by atoms with Gasteiger partial charge in [-0.2, -0.15) is 0 Å². The summed E-state index contributed by atoms with van der Waals surface area (Å²) in [6, 6.07) is 10.2. The highest BCUT2D eigenvalue weighted by molar-refractivity contribution is 5.99. The van der Waals surface area contributed by atoms with Gasteiger partial charge < -0.3 is 23.9 Å². The van der Waals surface area contributed by atoms with Gasteiger partial charge in [-0.1, -0.05) is 24.6 Å². The Morgan fingerprint density at radius 1 is 1.06 bits per heavy atom. The number of amides is 1. The maximum Gasteiger partial charge on any atom is 0.290 e. The molecule has 0 radical (unpaired) electrons. The Morgan fingerprint density at radius 2 is 1.88 bits per heavy atom. The standard InChI is InChI=1S/C26H29NO6/c1-4-13-32-20-10-8-17(15-21(20)31-5-2)23-22-24(29)18-14-16(3)7-9-19(18)33-25(22)26(30)27(23)11-6-12-28/h7-10,14-15,23,28H,4-6,11-13H2,1-3H3/t23-/m0/s1. The predicted octanol–water partition coefficient (Wildman–Crippen LogP) is 4.22. The molecule has 1 N–H and O–H groups in total. The number of fused-ring (bicyclic) bond motifs is 2. The molecule has 0 saturated heterocycles. The van der Waals surface area contributed by atoms with Gasteiger partial charge in [0.2, 0.25) is 5.76 Å². The van der Waals surface area contributed by atoms with Crippen molar-refractivity contribution in [3.8, 4) is 11.5 Å². The van der Waals surface area contributed by atoms with Gasteiger partial charge in [-0.05, 0) is 56.5 Å². The molecule has 1 amide bonds. The fourth-order valence-corrected chi connectivity index (χ4v) is 4.25. The summed E-state index contributed by atoms with van der Waals surface area (Å²) in [5, 5.41) is 9.85. The van der Waals surface area contributed by atoms with Gasteiger partial charge in [0.15, 0.2) is 16.9 Å². The molecule has 174 valence electrons. The molecule has 3 aromatic rings. The minimum atomic E-state index is -0.639. The lowest BCUT2D eigenvalue weighted by Crippen LogP contribution is -2.31. The predicted molar refractivity (Wildman–Crippen MR) is 125 cm³/mol. The molecule has 0 spiro atoms. The van der Waals surface area contributed by atoms with Crippen LogP contribution in [-0.4, -0.2) is 42.3 Å². The smallest absolute Gasteiger partial charge is 0.290 e. The fraction of sp³-hybridized carbons (Fsp3) is 0.385. The summed E-state index contributed by atoms with van der Waals surface area (Å²) in [7, 11) is 0. The second-order valence-corrected chi connectivity index (χ2v) is 8.14. The average molecular weight is 452 g/mol. The molecule has 0 bridgehead atoms. The van der Waals surface area contributed by atoms with E-state index >= 15 is 0 Å². The summed E-state index contributed by atoms with van der Waals surface area (Å²) in [4.78, 5) is 28.5. The quantitative estimate of drug-likeness (QED) is 0.524. The highest BCUT2D eigenvalue weighted by Crippen LogP contribution is 2.41. The van der Waals surface area contributed by atoms with Gasteiger partial charge in [-0.25, -0.2) is 0 Å². The fourth-order valence-electron chi connectivity index (χ4n) is 4.25. The van der Waals surface area contributed by atoms with Crippen LogP contribution in [-0.2, 0) is 0 Å². The van der Waals surface area contributed by atoms with E-state index in [4.69, 9.17) is 13.9 Å². The summed E-state index contributed by atoms with van der Waals surface area (Å²) in [6.07, 6.45) is 1.25. The second kappa shape index (κ2) is 9.67. The van der Waals surface area contributed by atoms with Crippen LogP contribution in [0.25, 0.3) is 11.0 Å². The summed E-state index contributed by atoms with van der Waals surface area (Å²) in [5.74, 6) is 0.887. The summed E-state index contributed by atoms with van der Waals surface area (Å²) in [6.45, 7) is 7.06. The Kier molecular flexibility index (Phi) is 6.70. The highest BCUT2D eigenvalue weighted by Gasteiger charge is 2.42. The highest BCUT2D eigenvalue weighted by atomic mass is 16.5. The van der Waals surface area contributed by atoms with Crippen LogP contribution in [0.1, 0.15) is 60.0 Å². The van der Waals surface area contributed by atoms with Gasteiger partial charge in [0.1, 0.15) is 5.58 Å². The van der Waals surface area contributed by atoms with Crippen LogP contribution in [0, 0.1) is 6.92 Å². The van der Waals surface area contributed by atoms with Gasteiger partial charge in [0.05, 0.1) is 30.2 Å². The number of aliphatic hydroxyl groups is 1. The molecule has 4 rings (SSSR count). The van der Waals surface area contributed by atoms with Gasteiger partial charge in [0.25, 0.3) is 5.91 Å². The van der Waals surface area contributed by atoms with Crippen molar-refractivity contribution in [1.29, 1.82) is 0 Å². The minimum absolute atomic E-state index is 0.0589. The first-order chi connectivity index (χ1) is 16.0. The van der Waals surface area contributed by atoms with Crippen molar-refractivity contribution < 1.29 is 23.8 Å². The van der Waals surface area contributed by atoms with E-state index in [0.29, 0.717) is 47.7 Å². The molecule has 1 aliphatic heterocycles. The molecule has 2 heterocycles. The van der Waals surface area contributed by atoms with E-state index in [-0.39, 0.29) is 30.2 Å². The Labute approximate surface area is 192 Å². The van der Waals surface area contributed by atoms with Crippen LogP contribution < -0.4 is 14.9 Å². The first-order valence-corrected chi connectivity index (χ1v) is 11.4. The van der Waals surface area contributed by atoms with E-state index in [9.17, 15) is 14.7 Å². The van der Waals surface area contributed by atoms with E-state index in [1.165, 1.54) is 0 Å². The van der Waals surface area contributed by atoms with Crippen molar-refractivity contribution in [1.82, 2.24) is 4.90 Å². The first kappa shape index (κ1) is 22.9. The third-order valence-electron chi connectivity index (χ3n) is 5.72. The first-order valence-electron chi connectivity index (χ1n) is 11.4. The molecular formula is C26H29NO6. The van der Waals surface area contributed by atoms with Crippen LogP contribution in [0.5, 0.6) is 11.5 Å². The van der Waals surface area contributed by atoms with Gasteiger partial charge in [-0.3, -0.25) is 9.59 Å². The molecule has 7 nitrogen and oxygen atoms in total. The van der Waals surface area contributed by atoms with E-state index < -0.39 is 6.04 Å². The second-order valence-electron chi connectivity index (χ2n) is 8.14. The number of aliphatic hydroxyl groups excluding tert-OH is 1. The monoisotopic (exact) mass is 451 g/mol. The van der Waals surface area contributed by atoms with Crippen LogP contribution in [0.4, 0.5) is 0 Å². The van der Waals surface area contributed by atoms with Crippen molar-refractivity contribution in [3.05, 3.63) is 69.1 Å². The van der Waals surface area contributed by atoms with E-state index in [0.717, 1.165) is 17.5 Å². The molecule has 33 heavy (non-hydrogen) atoms. The molecule has 0 unspecified atom stereocenters. The van der Waals surface area contributed by atoms with Crippen molar-refractivity contribution in [2.75, 3.05) is 26.4 Å². The van der Waals surface area contributed by atoms with Crippen LogP contribution in [0.3, 0.4) is 0 Å². The Bertz CT molecular complexity index is 1230. The lowest BCUT2D eigenvalue weighted by molar-refractivity contribution is 0.0716. The minimum Gasteiger partial charge on any atom is -0.490 e. The zero-order valence-electron chi connectivity index (χ0n) is 19.2. The zero-order chi connectivity index (χ0) is 23.5. The lowest BCUT2D eigenvalue weighted by Gasteiger charge is -2.25. The SMILES string of the molecule is CCCOc1ccc([C@H]2c3c(oc4ccc(C)cc4c3=O)C(=O)N2CCCO)cc1OCC. The van der Waals surface area contributed by atoms with Crippen LogP contribution in [0.2, 0.25) is 0 Å². The Balaban J connectivity index is 1.90. The van der Waals surface area contributed by atoms with E-state index in [2.05, 4.69) is 0 Å². The van der Waals surface area contributed by atoms with Crippen molar-refractivity contribution in [2.45, 2.75) is 39.7 Å². The average Bonchev–Trinajstić information content (AvgIpc) is 3.09.